The van der Waals surface area contributed by atoms with Gasteiger partial charge in [-0.2, -0.15) is 0 Å². The number of rotatable bonds is 2. The quantitative estimate of drug-likeness (QED) is 0.441. The Hall–Kier alpha value is -3.14. The summed E-state index contributed by atoms with van der Waals surface area (Å²) in [6, 6.07) is 22.2. The molecule has 4 heteroatoms. The maximum atomic E-state index is 5.65. The molecule has 0 aliphatic carbocycles. The molecule has 118 valence electrons. The Morgan fingerprint density at radius 1 is 0.750 bits per heavy atom. The molecule has 0 unspecified atom stereocenters. The smallest absolute Gasteiger partial charge is 0.143 e. The number of benzene rings is 3. The van der Waals surface area contributed by atoms with Crippen molar-refractivity contribution in [2.45, 2.75) is 6.92 Å². The van der Waals surface area contributed by atoms with E-state index in [1.807, 2.05) is 42.5 Å². The zero-order chi connectivity index (χ0) is 16.5. The molecule has 0 atom stereocenters. The van der Waals surface area contributed by atoms with Gasteiger partial charge in [0.15, 0.2) is 0 Å². The van der Waals surface area contributed by atoms with E-state index in [0.29, 0.717) is 0 Å². The van der Waals surface area contributed by atoms with Crippen molar-refractivity contribution in [3.63, 3.8) is 0 Å². The van der Waals surface area contributed by atoms with Crippen molar-refractivity contribution in [3.05, 3.63) is 72.3 Å². The van der Waals surface area contributed by atoms with Crippen molar-refractivity contribution in [1.82, 2.24) is 0 Å². The summed E-state index contributed by atoms with van der Waals surface area (Å²) in [4.78, 5) is 2.16. The fraction of sp³-hybridized carbons (Fsp3) is 0.100. The second kappa shape index (κ2) is 5.81. The van der Waals surface area contributed by atoms with Crippen LogP contribution in [0.2, 0.25) is 0 Å². The Morgan fingerprint density at radius 2 is 1.33 bits per heavy atom. The van der Waals surface area contributed by atoms with Crippen LogP contribution in [-0.4, -0.2) is 7.11 Å². The van der Waals surface area contributed by atoms with E-state index in [9.17, 15) is 0 Å². The maximum absolute atomic E-state index is 5.65. The fourth-order valence-corrected chi connectivity index (χ4v) is 2.94. The molecule has 1 heterocycles. The lowest BCUT2D eigenvalue weighted by Crippen LogP contribution is -2.11. The molecule has 3 aromatic carbocycles. The molecule has 0 saturated heterocycles. The topological polar surface area (TPSA) is 37.2 Å². The van der Waals surface area contributed by atoms with Gasteiger partial charge in [0.25, 0.3) is 0 Å². The molecular weight excluding hydrogens is 298 g/mol. The van der Waals surface area contributed by atoms with Crippen LogP contribution in [0, 0.1) is 6.92 Å². The van der Waals surface area contributed by atoms with Crippen LogP contribution >= 0.6 is 0 Å². The molecule has 0 amide bonds. The summed E-state index contributed by atoms with van der Waals surface area (Å²) in [5.74, 6) is 0.821. The number of hydrogen-bond acceptors (Lipinski definition) is 4. The largest absolute Gasteiger partial charge is 0.495 e. The third kappa shape index (κ3) is 2.33. The molecule has 0 bridgehead atoms. The highest BCUT2D eigenvalue weighted by molar-refractivity contribution is 5.90. The lowest BCUT2D eigenvalue weighted by molar-refractivity contribution is 0.415. The second-order valence-corrected chi connectivity index (χ2v) is 5.69. The highest BCUT2D eigenvalue weighted by Crippen LogP contribution is 2.49. The van der Waals surface area contributed by atoms with Gasteiger partial charge in [-0.1, -0.05) is 30.3 Å². The Morgan fingerprint density at radius 3 is 1.92 bits per heavy atom. The van der Waals surface area contributed by atoms with E-state index in [2.05, 4.69) is 46.3 Å². The van der Waals surface area contributed by atoms with E-state index in [0.717, 1.165) is 39.7 Å². The number of anilines is 3. The van der Waals surface area contributed by atoms with Crippen LogP contribution in [0.1, 0.15) is 5.56 Å². The Balaban J connectivity index is 2.02. The first-order valence-electron chi connectivity index (χ1n) is 7.82. The van der Waals surface area contributed by atoms with Crippen molar-refractivity contribution >= 4 is 28.4 Å². The highest BCUT2D eigenvalue weighted by Gasteiger charge is 2.23. The van der Waals surface area contributed by atoms with Gasteiger partial charge in [-0.05, 0) is 48.9 Å². The number of methoxy groups -OCH3 is 1. The van der Waals surface area contributed by atoms with Gasteiger partial charge in [-0.3, -0.25) is 0 Å². The van der Waals surface area contributed by atoms with E-state index >= 15 is 0 Å². The maximum Gasteiger partial charge on any atom is 0.143 e. The van der Waals surface area contributed by atoms with Gasteiger partial charge in [-0.25, -0.2) is 0 Å². The van der Waals surface area contributed by atoms with Crippen LogP contribution < -0.4 is 9.64 Å². The fourth-order valence-electron chi connectivity index (χ4n) is 2.94. The van der Waals surface area contributed by atoms with E-state index in [1.54, 1.807) is 7.11 Å². The lowest BCUT2D eigenvalue weighted by atomic mass is 10.1. The Bertz CT molecular complexity index is 884. The predicted molar refractivity (Wildman–Crippen MR) is 96.6 cm³/mol. The molecule has 0 aromatic heterocycles. The van der Waals surface area contributed by atoms with Crippen LogP contribution in [0.4, 0.5) is 28.4 Å². The normalized spacial score (nSPS) is 12.3. The molecule has 0 saturated carbocycles. The van der Waals surface area contributed by atoms with Crippen molar-refractivity contribution < 1.29 is 4.74 Å². The molecule has 1 aliphatic heterocycles. The van der Waals surface area contributed by atoms with Gasteiger partial charge in [0.2, 0.25) is 0 Å². The molecule has 4 nitrogen and oxygen atoms in total. The van der Waals surface area contributed by atoms with Gasteiger partial charge in [0.05, 0.1) is 24.2 Å². The third-order valence-electron chi connectivity index (χ3n) is 4.09. The van der Waals surface area contributed by atoms with Crippen LogP contribution in [0.25, 0.3) is 0 Å². The standard InChI is InChI=1S/C20H17N3O/c1-14-11-12-19(20(13-14)24-2)23-17-9-5-3-7-15(17)21-22-16-8-4-6-10-18(16)23/h3-13H,1-2H3. The van der Waals surface area contributed by atoms with E-state index < -0.39 is 0 Å². The number of azo groups is 1. The first-order valence-corrected chi connectivity index (χ1v) is 7.82. The average Bonchev–Trinajstić information content (AvgIpc) is 2.79. The summed E-state index contributed by atoms with van der Waals surface area (Å²) in [5, 5.41) is 8.84. The molecule has 3 aromatic rings. The molecule has 4 rings (SSSR count). The Kier molecular flexibility index (Phi) is 3.50. The zero-order valence-electron chi connectivity index (χ0n) is 13.6. The third-order valence-corrected chi connectivity index (χ3v) is 4.09. The number of aryl methyl sites for hydroxylation is 1. The summed E-state index contributed by atoms with van der Waals surface area (Å²) in [5.41, 5.74) is 5.74. The van der Waals surface area contributed by atoms with Gasteiger partial charge in [-0.15, -0.1) is 10.2 Å². The van der Waals surface area contributed by atoms with E-state index in [-0.39, 0.29) is 0 Å². The molecule has 0 fully saturated rings. The predicted octanol–water partition coefficient (Wildman–Crippen LogP) is 6.20. The molecule has 0 N–H and O–H groups in total. The summed E-state index contributed by atoms with van der Waals surface area (Å²) >= 11 is 0. The number of para-hydroxylation sites is 2. The van der Waals surface area contributed by atoms with Crippen molar-refractivity contribution in [1.29, 1.82) is 0 Å². The molecule has 1 aliphatic rings. The monoisotopic (exact) mass is 315 g/mol. The number of fused-ring (bicyclic) bond motifs is 2. The van der Waals surface area contributed by atoms with Crippen molar-refractivity contribution in [2.75, 3.05) is 12.0 Å². The summed E-state index contributed by atoms with van der Waals surface area (Å²) in [7, 11) is 1.70. The minimum Gasteiger partial charge on any atom is -0.495 e. The van der Waals surface area contributed by atoms with Gasteiger partial charge in [0, 0.05) is 0 Å². The minimum absolute atomic E-state index is 0.821. The number of ether oxygens (including phenoxy) is 1. The molecule has 0 radical (unpaired) electrons. The summed E-state index contributed by atoms with van der Waals surface area (Å²) < 4.78 is 5.65. The number of nitrogens with zero attached hydrogens (tertiary/aromatic N) is 3. The SMILES string of the molecule is COc1cc(C)ccc1N1c2ccccc2N=Nc2ccccc21. The van der Waals surface area contributed by atoms with Gasteiger partial charge in [0.1, 0.15) is 17.1 Å². The van der Waals surface area contributed by atoms with Crippen LogP contribution in [-0.2, 0) is 0 Å². The lowest BCUT2D eigenvalue weighted by Gasteiger charge is -2.27. The molecule has 24 heavy (non-hydrogen) atoms. The molecule has 0 spiro atoms. The second-order valence-electron chi connectivity index (χ2n) is 5.69. The first-order chi connectivity index (χ1) is 11.8. The van der Waals surface area contributed by atoms with Crippen LogP contribution in [0.5, 0.6) is 5.75 Å². The Labute approximate surface area is 141 Å². The van der Waals surface area contributed by atoms with E-state index in [1.165, 1.54) is 0 Å². The first kappa shape index (κ1) is 14.5. The van der Waals surface area contributed by atoms with Gasteiger partial charge < -0.3 is 9.64 Å². The van der Waals surface area contributed by atoms with Crippen LogP contribution in [0.15, 0.2) is 77.0 Å². The molecular formula is C20H17N3O. The van der Waals surface area contributed by atoms with Crippen molar-refractivity contribution in [2.24, 2.45) is 10.2 Å². The summed E-state index contributed by atoms with van der Waals surface area (Å²) in [6.07, 6.45) is 0. The average molecular weight is 315 g/mol. The summed E-state index contributed by atoms with van der Waals surface area (Å²) in [6.45, 7) is 2.06. The van der Waals surface area contributed by atoms with Gasteiger partial charge >= 0.3 is 0 Å². The van der Waals surface area contributed by atoms with Crippen molar-refractivity contribution in [3.8, 4) is 5.75 Å². The minimum atomic E-state index is 0.821. The number of hydrogen-bond donors (Lipinski definition) is 0. The zero-order valence-corrected chi connectivity index (χ0v) is 13.6. The van der Waals surface area contributed by atoms with Crippen LogP contribution in [0.3, 0.4) is 0 Å². The van der Waals surface area contributed by atoms with E-state index in [4.69, 9.17) is 4.74 Å². The highest BCUT2D eigenvalue weighted by atomic mass is 16.5.